The van der Waals surface area contributed by atoms with Gasteiger partial charge in [0.1, 0.15) is 11.3 Å². The van der Waals surface area contributed by atoms with E-state index in [0.717, 1.165) is 68.4 Å². The molecule has 2 N–H and O–H groups in total. The van der Waals surface area contributed by atoms with Crippen molar-refractivity contribution in [3.8, 4) is 0 Å². The summed E-state index contributed by atoms with van der Waals surface area (Å²) in [5.74, 6) is 1.73. The Morgan fingerprint density at radius 1 is 1.23 bits per heavy atom. The number of rotatable bonds is 5. The van der Waals surface area contributed by atoms with Gasteiger partial charge in [-0.25, -0.2) is 4.98 Å². The molecule has 1 aromatic heterocycles. The third kappa shape index (κ3) is 3.25. The van der Waals surface area contributed by atoms with Crippen LogP contribution in [-0.2, 0) is 17.7 Å². The second-order valence-electron chi connectivity index (χ2n) is 6.45. The minimum atomic E-state index is 0.583. The predicted octanol–water partition coefficient (Wildman–Crippen LogP) is 2.15. The molecule has 22 heavy (non-hydrogen) atoms. The van der Waals surface area contributed by atoms with Crippen molar-refractivity contribution in [2.75, 3.05) is 38.6 Å². The molecule has 1 aromatic carbocycles. The molecule has 0 aliphatic carbocycles. The van der Waals surface area contributed by atoms with Crippen molar-refractivity contribution in [1.29, 1.82) is 0 Å². The van der Waals surface area contributed by atoms with E-state index >= 15 is 0 Å². The molecule has 5 heteroatoms. The van der Waals surface area contributed by atoms with Gasteiger partial charge in [0.15, 0.2) is 0 Å². The second-order valence-corrected chi connectivity index (χ2v) is 6.45. The molecule has 5 nitrogen and oxygen atoms in total. The highest BCUT2D eigenvalue weighted by Gasteiger charge is 2.16. The number of benzene rings is 1. The van der Waals surface area contributed by atoms with E-state index in [4.69, 9.17) is 15.5 Å². The molecule has 1 aliphatic heterocycles. The summed E-state index contributed by atoms with van der Waals surface area (Å²) in [7, 11) is 0. The number of nitrogens with zero attached hydrogens (tertiary/aromatic N) is 3. The van der Waals surface area contributed by atoms with Crippen LogP contribution in [0.1, 0.15) is 19.7 Å². The predicted molar refractivity (Wildman–Crippen MR) is 89.9 cm³/mol. The molecule has 0 bridgehead atoms. The van der Waals surface area contributed by atoms with Crippen molar-refractivity contribution < 1.29 is 4.74 Å². The molecule has 0 spiro atoms. The lowest BCUT2D eigenvalue weighted by atomic mass is 10.1. The fourth-order valence-electron chi connectivity index (χ4n) is 3.05. The number of hydrogen-bond acceptors (Lipinski definition) is 4. The molecule has 0 atom stereocenters. The van der Waals surface area contributed by atoms with Crippen LogP contribution in [0.25, 0.3) is 11.0 Å². The lowest BCUT2D eigenvalue weighted by Gasteiger charge is -2.27. The maximum absolute atomic E-state index is 6.11. The van der Waals surface area contributed by atoms with Gasteiger partial charge in [0.05, 0.1) is 24.4 Å². The summed E-state index contributed by atoms with van der Waals surface area (Å²) in [5.41, 5.74) is 8.98. The molecule has 120 valence electrons. The van der Waals surface area contributed by atoms with Crippen LogP contribution in [0, 0.1) is 5.92 Å². The molecule has 1 saturated heterocycles. The molecule has 0 unspecified atom stereocenters. The number of hydrogen-bond donors (Lipinski definition) is 1. The lowest BCUT2D eigenvalue weighted by molar-refractivity contribution is 0.0364. The van der Waals surface area contributed by atoms with E-state index in [1.807, 2.05) is 12.1 Å². The molecule has 0 amide bonds. The molecular weight excluding hydrogens is 276 g/mol. The number of morpholine rings is 1. The van der Waals surface area contributed by atoms with Gasteiger partial charge in [0.25, 0.3) is 0 Å². The van der Waals surface area contributed by atoms with E-state index in [1.165, 1.54) is 0 Å². The SMILES string of the molecule is CC(C)Cc1nc2c(N)cccc2n1CCN1CCOCC1. The zero-order valence-electron chi connectivity index (χ0n) is 13.6. The van der Waals surface area contributed by atoms with Crippen LogP contribution < -0.4 is 5.73 Å². The topological polar surface area (TPSA) is 56.3 Å². The maximum atomic E-state index is 6.11. The lowest BCUT2D eigenvalue weighted by Crippen LogP contribution is -2.38. The fourth-order valence-corrected chi connectivity index (χ4v) is 3.05. The minimum absolute atomic E-state index is 0.583. The van der Waals surface area contributed by atoms with Crippen LogP contribution in [0.3, 0.4) is 0 Å². The van der Waals surface area contributed by atoms with Gasteiger partial charge in [-0.15, -0.1) is 0 Å². The Hall–Kier alpha value is -1.59. The number of para-hydroxylation sites is 1. The van der Waals surface area contributed by atoms with Crippen molar-refractivity contribution in [3.05, 3.63) is 24.0 Å². The number of nitrogen functional groups attached to an aromatic ring is 1. The first-order valence-electron chi connectivity index (χ1n) is 8.19. The Kier molecular flexibility index (Phi) is 4.64. The summed E-state index contributed by atoms with van der Waals surface area (Å²) in [6, 6.07) is 6.08. The van der Waals surface area contributed by atoms with Gasteiger partial charge in [-0.3, -0.25) is 4.90 Å². The largest absolute Gasteiger partial charge is 0.397 e. The third-order valence-electron chi connectivity index (χ3n) is 4.22. The zero-order valence-corrected chi connectivity index (χ0v) is 13.6. The molecule has 0 saturated carbocycles. The van der Waals surface area contributed by atoms with Crippen LogP contribution in [0.4, 0.5) is 5.69 Å². The van der Waals surface area contributed by atoms with E-state index in [1.54, 1.807) is 0 Å². The van der Waals surface area contributed by atoms with Gasteiger partial charge in [0, 0.05) is 32.6 Å². The number of ether oxygens (including phenoxy) is 1. The molecule has 3 rings (SSSR count). The van der Waals surface area contributed by atoms with Gasteiger partial charge >= 0.3 is 0 Å². The summed E-state index contributed by atoms with van der Waals surface area (Å²) in [4.78, 5) is 7.27. The van der Waals surface area contributed by atoms with E-state index in [-0.39, 0.29) is 0 Å². The Bertz CT molecular complexity index is 629. The van der Waals surface area contributed by atoms with Crippen molar-refractivity contribution in [2.45, 2.75) is 26.8 Å². The second kappa shape index (κ2) is 6.67. The Labute approximate surface area is 132 Å². The molecule has 2 aromatic rings. The fraction of sp³-hybridized carbons (Fsp3) is 0.588. The van der Waals surface area contributed by atoms with E-state index < -0.39 is 0 Å². The summed E-state index contributed by atoms with van der Waals surface area (Å²) < 4.78 is 7.77. The number of imidazole rings is 1. The molecule has 2 heterocycles. The molecule has 0 radical (unpaired) electrons. The Morgan fingerprint density at radius 2 is 2.00 bits per heavy atom. The van der Waals surface area contributed by atoms with Crippen molar-refractivity contribution in [3.63, 3.8) is 0 Å². The van der Waals surface area contributed by atoms with Crippen LogP contribution in [-0.4, -0.2) is 47.3 Å². The van der Waals surface area contributed by atoms with Gasteiger partial charge in [-0.1, -0.05) is 19.9 Å². The first-order valence-corrected chi connectivity index (χ1v) is 8.19. The summed E-state index contributed by atoms with van der Waals surface area (Å²) in [5, 5.41) is 0. The van der Waals surface area contributed by atoms with Crippen LogP contribution in [0.5, 0.6) is 0 Å². The Morgan fingerprint density at radius 3 is 2.73 bits per heavy atom. The monoisotopic (exact) mass is 302 g/mol. The molecule has 1 fully saturated rings. The highest BCUT2D eigenvalue weighted by molar-refractivity contribution is 5.87. The van der Waals surface area contributed by atoms with Crippen molar-refractivity contribution in [1.82, 2.24) is 14.5 Å². The first-order chi connectivity index (χ1) is 10.6. The van der Waals surface area contributed by atoms with Crippen LogP contribution in [0.2, 0.25) is 0 Å². The quantitative estimate of drug-likeness (QED) is 0.860. The Balaban J connectivity index is 1.86. The van der Waals surface area contributed by atoms with Crippen molar-refractivity contribution in [2.24, 2.45) is 5.92 Å². The van der Waals surface area contributed by atoms with Crippen LogP contribution >= 0.6 is 0 Å². The van der Waals surface area contributed by atoms with Gasteiger partial charge in [-0.2, -0.15) is 0 Å². The standard InChI is InChI=1S/C17H26N4O/c1-13(2)12-16-19-17-14(18)4-3-5-15(17)21(16)7-6-20-8-10-22-11-9-20/h3-5,13H,6-12,18H2,1-2H3. The molecule has 1 aliphatic rings. The normalized spacial score (nSPS) is 16.7. The smallest absolute Gasteiger partial charge is 0.112 e. The number of fused-ring (bicyclic) bond motifs is 1. The van der Waals surface area contributed by atoms with Gasteiger partial charge < -0.3 is 15.0 Å². The van der Waals surface area contributed by atoms with Gasteiger partial charge in [-0.05, 0) is 18.1 Å². The van der Waals surface area contributed by atoms with Crippen molar-refractivity contribution >= 4 is 16.7 Å². The minimum Gasteiger partial charge on any atom is -0.397 e. The summed E-state index contributed by atoms with van der Waals surface area (Å²) in [6.45, 7) is 10.2. The summed E-state index contributed by atoms with van der Waals surface area (Å²) >= 11 is 0. The highest BCUT2D eigenvalue weighted by atomic mass is 16.5. The van der Waals surface area contributed by atoms with Crippen LogP contribution in [0.15, 0.2) is 18.2 Å². The molecular formula is C17H26N4O. The number of aromatic nitrogens is 2. The zero-order chi connectivity index (χ0) is 15.5. The highest BCUT2D eigenvalue weighted by Crippen LogP contribution is 2.23. The first kappa shape index (κ1) is 15.3. The van der Waals surface area contributed by atoms with E-state index in [0.29, 0.717) is 5.92 Å². The van der Waals surface area contributed by atoms with Gasteiger partial charge in [0.2, 0.25) is 0 Å². The third-order valence-corrected chi connectivity index (χ3v) is 4.22. The average Bonchev–Trinajstić information content (AvgIpc) is 2.84. The maximum Gasteiger partial charge on any atom is 0.112 e. The van der Waals surface area contributed by atoms with E-state index in [2.05, 4.69) is 29.4 Å². The number of nitrogens with two attached hydrogens (primary N) is 1. The average molecular weight is 302 g/mol. The number of anilines is 1. The summed E-state index contributed by atoms with van der Waals surface area (Å²) in [6.07, 6.45) is 0.983. The van der Waals surface area contributed by atoms with E-state index in [9.17, 15) is 0 Å².